The van der Waals surface area contributed by atoms with Crippen LogP contribution < -0.4 is 5.46 Å². The van der Waals surface area contributed by atoms with Gasteiger partial charge in [0.15, 0.2) is 5.65 Å². The van der Waals surface area contributed by atoms with E-state index in [9.17, 15) is 0 Å². The van der Waals surface area contributed by atoms with Crippen molar-refractivity contribution in [1.29, 1.82) is 0 Å². The van der Waals surface area contributed by atoms with Gasteiger partial charge in [-0.3, -0.25) is 4.57 Å². The topological polar surface area (TPSA) is 49.2 Å². The van der Waals surface area contributed by atoms with Crippen LogP contribution in [0.15, 0.2) is 12.3 Å². The average molecular weight is 387 g/mol. The van der Waals surface area contributed by atoms with E-state index < -0.39 is 8.07 Å². The lowest BCUT2D eigenvalue weighted by molar-refractivity contribution is 0.0375. The molecule has 5 nitrogen and oxygen atoms in total. The second kappa shape index (κ2) is 7.01. The molecule has 1 aliphatic rings. The molecule has 2 aromatic rings. The molecule has 0 unspecified atom stereocenters. The fourth-order valence-electron chi connectivity index (χ4n) is 3.46. The molecule has 3 heterocycles. The Morgan fingerprint density at radius 3 is 2.56 bits per heavy atom. The number of rotatable bonds is 6. The summed E-state index contributed by atoms with van der Waals surface area (Å²) in [5.41, 5.74) is 2.91. The largest absolute Gasteiger partial charge is 0.425 e. The second-order valence-electron chi connectivity index (χ2n) is 10.3. The van der Waals surface area contributed by atoms with Crippen LogP contribution in [0, 0.1) is 12.3 Å². The van der Waals surface area contributed by atoms with Crippen LogP contribution in [0.5, 0.6) is 0 Å². The van der Waals surface area contributed by atoms with Crippen molar-refractivity contribution in [2.24, 2.45) is 5.41 Å². The van der Waals surface area contributed by atoms with Crippen molar-refractivity contribution >= 4 is 31.6 Å². The summed E-state index contributed by atoms with van der Waals surface area (Å²) in [6, 6.07) is 3.30. The van der Waals surface area contributed by atoms with E-state index in [2.05, 4.69) is 58.0 Å². The standard InChI is InChI=1S/C20H34BN3O2Si/c1-15-23-17-11-16(21-13-19(2,3)20(4,5)26-21)12-22-18(17)24(15)14-25-9-10-27(6,7)8/h11-12H,9-10,13-14H2,1-8H3. The first kappa shape index (κ1) is 20.6. The highest BCUT2D eigenvalue weighted by Crippen LogP contribution is 2.45. The summed E-state index contributed by atoms with van der Waals surface area (Å²) in [6.45, 7) is 19.4. The summed E-state index contributed by atoms with van der Waals surface area (Å²) in [7, 11) is -1.07. The number of aromatic nitrogens is 3. The first-order valence-electron chi connectivity index (χ1n) is 9.98. The van der Waals surface area contributed by atoms with Crippen LogP contribution in [0.25, 0.3) is 11.2 Å². The van der Waals surface area contributed by atoms with E-state index in [1.807, 2.05) is 13.1 Å². The first-order valence-corrected chi connectivity index (χ1v) is 13.7. The lowest BCUT2D eigenvalue weighted by Crippen LogP contribution is -2.36. The highest BCUT2D eigenvalue weighted by Gasteiger charge is 2.50. The molecule has 1 fully saturated rings. The van der Waals surface area contributed by atoms with Gasteiger partial charge in [-0.05, 0) is 50.1 Å². The normalized spacial score (nSPS) is 19.2. The molecule has 148 valence electrons. The van der Waals surface area contributed by atoms with E-state index in [1.54, 1.807) is 0 Å². The number of imidazole rings is 1. The van der Waals surface area contributed by atoms with Crippen LogP contribution in [0.1, 0.15) is 33.5 Å². The van der Waals surface area contributed by atoms with E-state index in [4.69, 9.17) is 19.4 Å². The third-order valence-corrected chi connectivity index (χ3v) is 7.85. The number of hydrogen-bond donors (Lipinski definition) is 0. The summed E-state index contributed by atoms with van der Waals surface area (Å²) in [6.07, 6.45) is 2.94. The SMILES string of the molecule is Cc1nc2cc(B3CC(C)(C)C(C)(C)O3)cnc2n1COCC[Si](C)(C)C. The van der Waals surface area contributed by atoms with Gasteiger partial charge in [-0.15, -0.1) is 0 Å². The van der Waals surface area contributed by atoms with E-state index in [-0.39, 0.29) is 17.9 Å². The average Bonchev–Trinajstić information content (AvgIpc) is 2.94. The number of aryl methyl sites for hydroxylation is 1. The zero-order chi connectivity index (χ0) is 20.0. The van der Waals surface area contributed by atoms with Gasteiger partial charge in [0.2, 0.25) is 0 Å². The quantitative estimate of drug-likeness (QED) is 0.554. The van der Waals surface area contributed by atoms with Crippen molar-refractivity contribution in [2.45, 2.75) is 79.0 Å². The second-order valence-corrected chi connectivity index (χ2v) is 15.9. The fourth-order valence-corrected chi connectivity index (χ4v) is 4.21. The highest BCUT2D eigenvalue weighted by atomic mass is 28.3. The smallest absolute Gasteiger partial charge is 0.329 e. The molecule has 0 atom stereocenters. The van der Waals surface area contributed by atoms with Crippen molar-refractivity contribution in [1.82, 2.24) is 14.5 Å². The predicted octanol–water partition coefficient (Wildman–Crippen LogP) is 4.09. The van der Waals surface area contributed by atoms with Crippen LogP contribution in [0.2, 0.25) is 32.0 Å². The van der Waals surface area contributed by atoms with E-state index in [1.165, 1.54) is 6.04 Å². The molecule has 0 bridgehead atoms. The van der Waals surface area contributed by atoms with Crippen LogP contribution >= 0.6 is 0 Å². The van der Waals surface area contributed by atoms with Gasteiger partial charge < -0.3 is 9.39 Å². The number of ether oxygens (including phenoxy) is 1. The molecule has 2 aromatic heterocycles. The minimum absolute atomic E-state index is 0.0744. The molecule has 3 rings (SSSR count). The van der Waals surface area contributed by atoms with Crippen molar-refractivity contribution in [2.75, 3.05) is 6.61 Å². The molecule has 1 saturated heterocycles. The van der Waals surface area contributed by atoms with Crippen LogP contribution in [0.3, 0.4) is 0 Å². The van der Waals surface area contributed by atoms with Crippen molar-refractivity contribution in [3.8, 4) is 0 Å². The van der Waals surface area contributed by atoms with Crippen LogP contribution in [0.4, 0.5) is 0 Å². The summed E-state index contributed by atoms with van der Waals surface area (Å²) < 4.78 is 14.3. The van der Waals surface area contributed by atoms with Crippen LogP contribution in [-0.4, -0.2) is 41.7 Å². The Hall–Kier alpha value is -1.18. The molecule has 0 N–H and O–H groups in total. The van der Waals surface area contributed by atoms with Crippen molar-refractivity contribution in [3.05, 3.63) is 18.1 Å². The monoisotopic (exact) mass is 387 g/mol. The van der Waals surface area contributed by atoms with Gasteiger partial charge in [0.1, 0.15) is 18.1 Å². The van der Waals surface area contributed by atoms with Gasteiger partial charge in [-0.25, -0.2) is 9.97 Å². The molecule has 0 aromatic carbocycles. The lowest BCUT2D eigenvalue weighted by Gasteiger charge is -2.34. The highest BCUT2D eigenvalue weighted by molar-refractivity contribution is 6.76. The first-order chi connectivity index (χ1) is 12.4. The Morgan fingerprint density at radius 1 is 1.26 bits per heavy atom. The van der Waals surface area contributed by atoms with Crippen molar-refractivity contribution in [3.63, 3.8) is 0 Å². The molecule has 0 radical (unpaired) electrons. The Kier molecular flexibility index (Phi) is 5.34. The Labute approximate surface area is 165 Å². The lowest BCUT2D eigenvalue weighted by atomic mass is 9.54. The van der Waals surface area contributed by atoms with Gasteiger partial charge >= 0.3 is 6.92 Å². The van der Waals surface area contributed by atoms with Crippen LogP contribution in [-0.2, 0) is 16.1 Å². The number of nitrogens with zero attached hydrogens (tertiary/aromatic N) is 3. The van der Waals surface area contributed by atoms with Gasteiger partial charge in [0.25, 0.3) is 0 Å². The molecule has 0 amide bonds. The minimum Gasteiger partial charge on any atom is -0.425 e. The maximum Gasteiger partial charge on any atom is 0.329 e. The van der Waals surface area contributed by atoms with Gasteiger partial charge in [0.05, 0.1) is 5.60 Å². The molecule has 7 heteroatoms. The molecule has 0 aliphatic carbocycles. The number of fused-ring (bicyclic) bond motifs is 1. The Balaban J connectivity index is 1.76. The van der Waals surface area contributed by atoms with Gasteiger partial charge in [0, 0.05) is 20.9 Å². The summed E-state index contributed by atoms with van der Waals surface area (Å²) in [5.74, 6) is 0.940. The summed E-state index contributed by atoms with van der Waals surface area (Å²) >= 11 is 0. The van der Waals surface area contributed by atoms with E-state index in [0.29, 0.717) is 6.73 Å². The fraction of sp³-hybridized carbons (Fsp3) is 0.700. The third kappa shape index (κ3) is 4.30. The number of pyridine rings is 1. The van der Waals surface area contributed by atoms with Gasteiger partial charge in [-0.2, -0.15) is 0 Å². The van der Waals surface area contributed by atoms with Gasteiger partial charge in [-0.1, -0.05) is 33.5 Å². The molecule has 0 saturated carbocycles. The van der Waals surface area contributed by atoms with E-state index in [0.717, 1.165) is 35.4 Å². The van der Waals surface area contributed by atoms with E-state index >= 15 is 0 Å². The Morgan fingerprint density at radius 2 is 1.96 bits per heavy atom. The number of hydrogen-bond acceptors (Lipinski definition) is 4. The maximum atomic E-state index is 6.35. The molecular weight excluding hydrogens is 353 g/mol. The maximum absolute atomic E-state index is 6.35. The molecule has 27 heavy (non-hydrogen) atoms. The molecule has 1 aliphatic heterocycles. The predicted molar refractivity (Wildman–Crippen MR) is 116 cm³/mol. The zero-order valence-corrected chi connectivity index (χ0v) is 19.2. The molecular formula is C20H34BN3O2Si. The van der Waals surface area contributed by atoms with Crippen molar-refractivity contribution < 1.29 is 9.39 Å². The third-order valence-electron chi connectivity index (χ3n) is 6.15. The molecule has 0 spiro atoms. The summed E-state index contributed by atoms with van der Waals surface area (Å²) in [4.78, 5) is 9.44. The Bertz CT molecular complexity index is 810. The minimum atomic E-state index is -1.07. The summed E-state index contributed by atoms with van der Waals surface area (Å²) in [5, 5.41) is 0. The zero-order valence-electron chi connectivity index (χ0n) is 18.2.